The first-order chi connectivity index (χ1) is 8.57. The molecule has 0 saturated carbocycles. The molecule has 2 nitrogen and oxygen atoms in total. The maximum atomic E-state index is 12.3. The van der Waals surface area contributed by atoms with Crippen LogP contribution in [0.1, 0.15) is 5.56 Å². The molecule has 2 N–H and O–H groups in total. The summed E-state index contributed by atoms with van der Waals surface area (Å²) in [5.41, 5.74) is 5.30. The van der Waals surface area contributed by atoms with Crippen LogP contribution in [0.3, 0.4) is 0 Å². The van der Waals surface area contributed by atoms with E-state index in [0.29, 0.717) is 0 Å². The highest BCUT2D eigenvalue weighted by molar-refractivity contribution is 9.10. The Morgan fingerprint density at radius 3 is 2.05 bits per heavy atom. The number of ether oxygens (including phenoxy) is 1. The number of rotatable bonds is 3. The molecule has 0 aliphatic heterocycles. The van der Waals surface area contributed by atoms with Crippen LogP contribution in [0.2, 0.25) is 0 Å². The summed E-state index contributed by atoms with van der Waals surface area (Å²) in [4.78, 5) is 0. The lowest BCUT2D eigenvalue weighted by Crippen LogP contribution is -2.46. The van der Waals surface area contributed by atoms with Crippen LogP contribution in [-0.4, -0.2) is 18.5 Å². The molecule has 0 saturated heterocycles. The van der Waals surface area contributed by atoms with Gasteiger partial charge in [-0.05, 0) is 12.1 Å². The van der Waals surface area contributed by atoms with Crippen LogP contribution >= 0.6 is 15.9 Å². The Bertz CT molecular complexity index is 431. The first kappa shape index (κ1) is 16.1. The quantitative estimate of drug-likeness (QED) is 0.841. The lowest BCUT2D eigenvalue weighted by molar-refractivity contribution is -0.300. The van der Waals surface area contributed by atoms with Gasteiger partial charge in [-0.15, -0.1) is 0 Å². The van der Waals surface area contributed by atoms with Gasteiger partial charge in [-0.3, -0.25) is 0 Å². The molecule has 0 aliphatic rings. The van der Waals surface area contributed by atoms with E-state index in [4.69, 9.17) is 5.73 Å². The molecular weight excluding hydrogens is 344 g/mol. The van der Waals surface area contributed by atoms with Crippen LogP contribution in [0, 0.1) is 0 Å². The van der Waals surface area contributed by atoms with E-state index in [1.54, 1.807) is 0 Å². The van der Waals surface area contributed by atoms with E-state index >= 15 is 0 Å². The number of alkyl halides is 6. The summed E-state index contributed by atoms with van der Waals surface area (Å²) in [5, 5.41) is 0. The predicted octanol–water partition coefficient (Wildman–Crippen LogP) is 3.78. The van der Waals surface area contributed by atoms with Crippen molar-refractivity contribution in [2.24, 2.45) is 5.73 Å². The summed E-state index contributed by atoms with van der Waals surface area (Å²) in [6.07, 6.45) is -15.0. The smallest absolute Gasteiger partial charge is 0.434 e. The molecule has 0 aliphatic carbocycles. The number of benzene rings is 1. The Hall–Kier alpha value is -0.960. The van der Waals surface area contributed by atoms with E-state index in [2.05, 4.69) is 20.7 Å². The zero-order valence-corrected chi connectivity index (χ0v) is 10.7. The summed E-state index contributed by atoms with van der Waals surface area (Å²) >= 11 is 2.98. The van der Waals surface area contributed by atoms with Gasteiger partial charge in [-0.2, -0.15) is 26.3 Å². The average Bonchev–Trinajstić information content (AvgIpc) is 2.22. The van der Waals surface area contributed by atoms with Crippen LogP contribution in [0.4, 0.5) is 26.3 Å². The number of nitrogens with two attached hydrogens (primary N) is 1. The van der Waals surface area contributed by atoms with Crippen molar-refractivity contribution < 1.29 is 31.1 Å². The Morgan fingerprint density at radius 1 is 1.11 bits per heavy atom. The molecule has 0 aromatic heterocycles. The lowest BCUT2D eigenvalue weighted by atomic mass is 10.2. The van der Waals surface area contributed by atoms with Gasteiger partial charge in [0.1, 0.15) is 5.75 Å². The van der Waals surface area contributed by atoms with Crippen molar-refractivity contribution in [2.45, 2.75) is 25.0 Å². The molecule has 0 radical (unpaired) electrons. The highest BCUT2D eigenvalue weighted by atomic mass is 79.9. The zero-order valence-electron chi connectivity index (χ0n) is 9.15. The molecule has 0 fully saturated rings. The third-order valence-corrected chi connectivity index (χ3v) is 2.86. The van der Waals surface area contributed by atoms with Gasteiger partial charge in [-0.25, -0.2) is 0 Å². The van der Waals surface area contributed by atoms with Gasteiger partial charge in [0, 0.05) is 16.6 Å². The SMILES string of the molecule is NCc1c(Br)cccc1OC(C(F)(F)F)C(F)(F)F. The highest BCUT2D eigenvalue weighted by Crippen LogP contribution is 2.38. The summed E-state index contributed by atoms with van der Waals surface area (Å²) in [6.45, 7) is -0.265. The Labute approximate surface area is 112 Å². The molecule has 0 atom stereocenters. The van der Waals surface area contributed by atoms with Gasteiger partial charge in [0.2, 0.25) is 0 Å². The molecule has 108 valence electrons. The third kappa shape index (κ3) is 4.00. The number of hydrogen-bond acceptors (Lipinski definition) is 2. The van der Waals surface area contributed by atoms with Crippen LogP contribution in [-0.2, 0) is 6.54 Å². The van der Waals surface area contributed by atoms with Gasteiger partial charge in [0.15, 0.2) is 0 Å². The second-order valence-corrected chi connectivity index (χ2v) is 4.36. The van der Waals surface area contributed by atoms with Crippen LogP contribution in [0.25, 0.3) is 0 Å². The number of halogens is 7. The van der Waals surface area contributed by atoms with Gasteiger partial charge in [0.05, 0.1) is 0 Å². The average molecular weight is 352 g/mol. The molecule has 9 heteroatoms. The Balaban J connectivity index is 3.15. The van der Waals surface area contributed by atoms with Crippen molar-refractivity contribution in [1.82, 2.24) is 0 Å². The summed E-state index contributed by atoms with van der Waals surface area (Å²) in [6, 6.07) is 3.69. The standard InChI is InChI=1S/C10H8BrF6NO/c11-6-2-1-3-7(5(6)4-18)19-8(9(12,13)14)10(15,16)17/h1-3,8H,4,18H2. The zero-order chi connectivity index (χ0) is 14.8. The van der Waals surface area contributed by atoms with Crippen molar-refractivity contribution >= 4 is 15.9 Å². The molecular formula is C10H8BrF6NO. The van der Waals surface area contributed by atoms with Crippen molar-refractivity contribution in [1.29, 1.82) is 0 Å². The fourth-order valence-corrected chi connectivity index (χ4v) is 1.80. The summed E-state index contributed by atoms with van der Waals surface area (Å²) in [7, 11) is 0. The minimum atomic E-state index is -5.56. The topological polar surface area (TPSA) is 35.2 Å². The fraction of sp³-hybridized carbons (Fsp3) is 0.400. The lowest BCUT2D eigenvalue weighted by Gasteiger charge is -2.25. The van der Waals surface area contributed by atoms with E-state index in [9.17, 15) is 26.3 Å². The van der Waals surface area contributed by atoms with Crippen LogP contribution in [0.5, 0.6) is 5.75 Å². The molecule has 0 spiro atoms. The molecule has 0 amide bonds. The molecule has 0 heterocycles. The van der Waals surface area contributed by atoms with Crippen molar-refractivity contribution in [2.75, 3.05) is 0 Å². The summed E-state index contributed by atoms with van der Waals surface area (Å²) in [5.74, 6) is -0.559. The second-order valence-electron chi connectivity index (χ2n) is 3.50. The van der Waals surface area contributed by atoms with Gasteiger partial charge < -0.3 is 10.5 Å². The first-order valence-corrected chi connectivity index (χ1v) is 5.64. The molecule has 0 unspecified atom stereocenters. The largest absolute Gasteiger partial charge is 0.471 e. The monoisotopic (exact) mass is 351 g/mol. The Kier molecular flexibility index (Phi) is 4.72. The third-order valence-electron chi connectivity index (χ3n) is 2.12. The fourth-order valence-electron chi connectivity index (χ4n) is 1.29. The van der Waals surface area contributed by atoms with E-state index < -0.39 is 24.2 Å². The predicted molar refractivity (Wildman–Crippen MR) is 58.6 cm³/mol. The van der Waals surface area contributed by atoms with Crippen molar-refractivity contribution in [3.63, 3.8) is 0 Å². The van der Waals surface area contributed by atoms with Gasteiger partial charge in [-0.1, -0.05) is 22.0 Å². The van der Waals surface area contributed by atoms with E-state index in [0.717, 1.165) is 6.07 Å². The highest BCUT2D eigenvalue weighted by Gasteiger charge is 2.59. The van der Waals surface area contributed by atoms with Gasteiger partial charge >= 0.3 is 12.4 Å². The van der Waals surface area contributed by atoms with E-state index in [1.165, 1.54) is 12.1 Å². The van der Waals surface area contributed by atoms with Crippen molar-refractivity contribution in [3.05, 3.63) is 28.2 Å². The van der Waals surface area contributed by atoms with Gasteiger partial charge in [0.25, 0.3) is 6.10 Å². The maximum Gasteiger partial charge on any atom is 0.434 e. The molecule has 19 heavy (non-hydrogen) atoms. The molecule has 0 bridgehead atoms. The minimum absolute atomic E-state index is 0.0287. The molecule has 1 aromatic rings. The normalized spacial score (nSPS) is 12.9. The second kappa shape index (κ2) is 5.58. The maximum absolute atomic E-state index is 12.3. The Morgan fingerprint density at radius 2 is 1.63 bits per heavy atom. The minimum Gasteiger partial charge on any atom is -0.471 e. The first-order valence-electron chi connectivity index (χ1n) is 4.85. The summed E-state index contributed by atoms with van der Waals surface area (Å²) < 4.78 is 78.5. The van der Waals surface area contributed by atoms with Crippen LogP contribution < -0.4 is 10.5 Å². The van der Waals surface area contributed by atoms with E-state index in [-0.39, 0.29) is 16.6 Å². The van der Waals surface area contributed by atoms with E-state index in [1.807, 2.05) is 0 Å². The molecule has 1 aromatic carbocycles. The van der Waals surface area contributed by atoms with Crippen LogP contribution in [0.15, 0.2) is 22.7 Å². The molecule has 1 rings (SSSR count). The van der Waals surface area contributed by atoms with Crippen molar-refractivity contribution in [3.8, 4) is 5.75 Å². The number of hydrogen-bond donors (Lipinski definition) is 1.